The van der Waals surface area contributed by atoms with Gasteiger partial charge in [-0.2, -0.15) is 18.3 Å². The number of alkyl halides is 3. The number of piperidine rings is 1. The Morgan fingerprint density at radius 3 is 2.72 bits per heavy atom. The molecule has 0 unspecified atom stereocenters. The number of halogens is 5. The van der Waals surface area contributed by atoms with E-state index in [-0.39, 0.29) is 22.9 Å². The number of hydrogen-bond acceptors (Lipinski definition) is 4. The smallest absolute Gasteiger partial charge is 0.347 e. The average Bonchev–Trinajstić information content (AvgIpc) is 3.34. The minimum Gasteiger partial charge on any atom is -0.347 e. The van der Waals surface area contributed by atoms with E-state index in [1.165, 1.54) is 23.6 Å². The first-order valence-electron chi connectivity index (χ1n) is 9.81. The molecule has 1 saturated heterocycles. The maximum absolute atomic E-state index is 13.3. The van der Waals surface area contributed by atoms with Crippen molar-refractivity contribution in [2.75, 3.05) is 13.1 Å². The number of aromatic nitrogens is 2. The van der Waals surface area contributed by atoms with Gasteiger partial charge in [0.15, 0.2) is 0 Å². The van der Waals surface area contributed by atoms with Gasteiger partial charge in [-0.1, -0.05) is 29.3 Å². The summed E-state index contributed by atoms with van der Waals surface area (Å²) < 4.78 is 41.6. The van der Waals surface area contributed by atoms with E-state index in [0.29, 0.717) is 40.7 Å². The molecule has 1 aromatic carbocycles. The summed E-state index contributed by atoms with van der Waals surface area (Å²) in [6, 6.07) is 7.08. The van der Waals surface area contributed by atoms with Gasteiger partial charge in [0.1, 0.15) is 0 Å². The van der Waals surface area contributed by atoms with E-state index >= 15 is 0 Å². The molecule has 2 aromatic heterocycles. The summed E-state index contributed by atoms with van der Waals surface area (Å²) in [6.45, 7) is 1.09. The zero-order chi connectivity index (χ0) is 23.0. The highest BCUT2D eigenvalue weighted by Gasteiger charge is 2.35. The lowest BCUT2D eigenvalue weighted by Crippen LogP contribution is -2.49. The number of carbonyl (C=O) groups excluding carboxylic acids is 1. The van der Waals surface area contributed by atoms with Crippen LogP contribution < -0.4 is 10.6 Å². The van der Waals surface area contributed by atoms with Gasteiger partial charge in [-0.15, -0.1) is 11.3 Å². The first-order chi connectivity index (χ1) is 15.1. The zero-order valence-electron chi connectivity index (χ0n) is 16.8. The van der Waals surface area contributed by atoms with Crippen LogP contribution in [0.1, 0.15) is 33.1 Å². The molecule has 170 valence electrons. The van der Waals surface area contributed by atoms with Gasteiger partial charge in [-0.05, 0) is 42.8 Å². The first-order valence-corrected chi connectivity index (χ1v) is 11.4. The second kappa shape index (κ2) is 9.05. The molecule has 3 heterocycles. The predicted molar refractivity (Wildman–Crippen MR) is 119 cm³/mol. The maximum atomic E-state index is 13.3. The van der Waals surface area contributed by atoms with E-state index in [4.69, 9.17) is 23.2 Å². The molecule has 32 heavy (non-hydrogen) atoms. The van der Waals surface area contributed by atoms with Crippen LogP contribution in [0, 0.1) is 0 Å². The molecule has 4 rings (SSSR count). The van der Waals surface area contributed by atoms with E-state index in [2.05, 4.69) is 15.7 Å². The molecule has 0 aliphatic carbocycles. The van der Waals surface area contributed by atoms with Crippen LogP contribution in [0.4, 0.5) is 13.2 Å². The Morgan fingerprint density at radius 1 is 1.25 bits per heavy atom. The summed E-state index contributed by atoms with van der Waals surface area (Å²) in [5.41, 5.74) is 0.354. The Labute approximate surface area is 196 Å². The number of hydrogen-bond donors (Lipinski definition) is 2. The van der Waals surface area contributed by atoms with Crippen LogP contribution in [0.5, 0.6) is 0 Å². The van der Waals surface area contributed by atoms with Crippen molar-refractivity contribution >= 4 is 40.4 Å². The molecule has 1 amide bonds. The third kappa shape index (κ3) is 4.66. The second-order valence-electron chi connectivity index (χ2n) is 7.54. The summed E-state index contributed by atoms with van der Waals surface area (Å²) in [4.78, 5) is 14.2. The molecule has 2 N–H and O–H groups in total. The standard InChI is InChI=1S/C21H19Cl2F3N4OS/c1-30-19(15(23)9-28-30)17-4-5-18(32-17)20(31)29-16-10-27-7-6-12(16)11-2-3-14(22)13(8-11)21(24,25)26/h2-5,8-9,12,16,27H,6-7,10H2,1H3,(H,29,31)/t12-,16+/m0/s1. The van der Waals surface area contributed by atoms with Crippen LogP contribution in [-0.4, -0.2) is 34.8 Å². The number of rotatable bonds is 4. The van der Waals surface area contributed by atoms with Crippen LogP contribution >= 0.6 is 34.5 Å². The largest absolute Gasteiger partial charge is 0.417 e. The molecule has 0 bridgehead atoms. The van der Waals surface area contributed by atoms with Crippen LogP contribution in [0.2, 0.25) is 10.0 Å². The molecule has 0 spiro atoms. The average molecular weight is 503 g/mol. The van der Waals surface area contributed by atoms with Crippen molar-refractivity contribution in [1.82, 2.24) is 20.4 Å². The molecular formula is C21H19Cl2F3N4OS. The fraction of sp³-hybridized carbons (Fsp3) is 0.333. The molecule has 1 aliphatic rings. The van der Waals surface area contributed by atoms with Gasteiger partial charge in [0.25, 0.3) is 5.91 Å². The van der Waals surface area contributed by atoms with E-state index in [1.807, 2.05) is 0 Å². The Hall–Kier alpha value is -2.07. The fourth-order valence-electron chi connectivity index (χ4n) is 3.91. The Kier molecular flexibility index (Phi) is 6.53. The minimum absolute atomic E-state index is 0.274. The topological polar surface area (TPSA) is 59.0 Å². The number of thiophene rings is 1. The third-order valence-electron chi connectivity index (χ3n) is 5.48. The SMILES string of the molecule is Cn1ncc(Cl)c1-c1ccc(C(=O)N[C@@H]2CNCC[C@H]2c2ccc(Cl)c(C(F)(F)F)c2)s1. The molecule has 2 atom stereocenters. The van der Waals surface area contributed by atoms with Crippen molar-refractivity contribution in [3.8, 4) is 10.6 Å². The summed E-state index contributed by atoms with van der Waals surface area (Å²) in [5, 5.41) is 10.4. The fourth-order valence-corrected chi connectivity index (χ4v) is 5.46. The van der Waals surface area contributed by atoms with E-state index in [0.717, 1.165) is 10.9 Å². The number of amides is 1. The highest BCUT2D eigenvalue weighted by Crippen LogP contribution is 2.38. The summed E-state index contributed by atoms with van der Waals surface area (Å²) in [5.74, 6) is -0.562. The van der Waals surface area contributed by atoms with Crippen molar-refractivity contribution in [2.24, 2.45) is 7.05 Å². The van der Waals surface area contributed by atoms with Crippen LogP contribution in [0.3, 0.4) is 0 Å². The second-order valence-corrected chi connectivity index (χ2v) is 9.44. The van der Waals surface area contributed by atoms with Crippen molar-refractivity contribution in [3.63, 3.8) is 0 Å². The van der Waals surface area contributed by atoms with Gasteiger partial charge in [0, 0.05) is 25.6 Å². The lowest BCUT2D eigenvalue weighted by molar-refractivity contribution is -0.137. The van der Waals surface area contributed by atoms with E-state index in [9.17, 15) is 18.0 Å². The van der Waals surface area contributed by atoms with Crippen molar-refractivity contribution < 1.29 is 18.0 Å². The monoisotopic (exact) mass is 502 g/mol. The molecule has 0 saturated carbocycles. The zero-order valence-corrected chi connectivity index (χ0v) is 19.2. The number of aryl methyl sites for hydroxylation is 1. The van der Waals surface area contributed by atoms with E-state index in [1.54, 1.807) is 29.9 Å². The Morgan fingerprint density at radius 2 is 2.03 bits per heavy atom. The van der Waals surface area contributed by atoms with Crippen LogP contribution in [-0.2, 0) is 13.2 Å². The molecular weight excluding hydrogens is 484 g/mol. The summed E-state index contributed by atoms with van der Waals surface area (Å²) in [7, 11) is 1.76. The third-order valence-corrected chi connectivity index (χ3v) is 7.18. The Balaban J connectivity index is 1.55. The highest BCUT2D eigenvalue weighted by atomic mass is 35.5. The minimum atomic E-state index is -4.54. The van der Waals surface area contributed by atoms with Gasteiger partial charge < -0.3 is 10.6 Å². The summed E-state index contributed by atoms with van der Waals surface area (Å²) >= 11 is 13.2. The quantitative estimate of drug-likeness (QED) is 0.505. The molecule has 3 aromatic rings. The maximum Gasteiger partial charge on any atom is 0.417 e. The van der Waals surface area contributed by atoms with Crippen molar-refractivity contribution in [2.45, 2.75) is 24.6 Å². The van der Waals surface area contributed by atoms with Crippen LogP contribution in [0.15, 0.2) is 36.5 Å². The number of nitrogens with zero attached hydrogens (tertiary/aromatic N) is 2. The molecule has 5 nitrogen and oxygen atoms in total. The Bertz CT molecular complexity index is 1130. The van der Waals surface area contributed by atoms with Gasteiger partial charge in [-0.3, -0.25) is 9.48 Å². The lowest BCUT2D eigenvalue weighted by Gasteiger charge is -2.33. The number of nitrogens with one attached hydrogen (secondary N) is 2. The number of benzene rings is 1. The van der Waals surface area contributed by atoms with Crippen molar-refractivity contribution in [1.29, 1.82) is 0 Å². The van der Waals surface area contributed by atoms with Crippen LogP contribution in [0.25, 0.3) is 10.6 Å². The molecule has 1 fully saturated rings. The summed E-state index contributed by atoms with van der Waals surface area (Å²) in [6.07, 6.45) is -2.42. The highest BCUT2D eigenvalue weighted by molar-refractivity contribution is 7.17. The van der Waals surface area contributed by atoms with Gasteiger partial charge in [-0.25, -0.2) is 0 Å². The molecule has 11 heteroatoms. The predicted octanol–water partition coefficient (Wildman–Crippen LogP) is 5.35. The lowest BCUT2D eigenvalue weighted by atomic mass is 9.85. The van der Waals surface area contributed by atoms with E-state index < -0.39 is 11.7 Å². The normalized spacial score (nSPS) is 19.2. The number of carbonyl (C=O) groups is 1. The van der Waals surface area contributed by atoms with Gasteiger partial charge >= 0.3 is 6.18 Å². The first kappa shape index (κ1) is 23.1. The van der Waals surface area contributed by atoms with Gasteiger partial charge in [0.05, 0.1) is 37.3 Å². The molecule has 0 radical (unpaired) electrons. The van der Waals surface area contributed by atoms with Gasteiger partial charge in [0.2, 0.25) is 0 Å². The van der Waals surface area contributed by atoms with Crippen molar-refractivity contribution in [3.05, 3.63) is 62.6 Å². The molecule has 1 aliphatic heterocycles.